The van der Waals surface area contributed by atoms with Gasteiger partial charge in [0.2, 0.25) is 0 Å². The predicted octanol–water partition coefficient (Wildman–Crippen LogP) is 5.46. The average molecular weight is 361 g/mol. The van der Waals surface area contributed by atoms with Gasteiger partial charge in [-0.05, 0) is 36.2 Å². The van der Waals surface area contributed by atoms with Crippen LogP contribution in [0.4, 0.5) is 0 Å². The van der Waals surface area contributed by atoms with Crippen molar-refractivity contribution >= 4 is 23.2 Å². The number of ether oxygens (including phenoxy) is 1. The minimum atomic E-state index is -0.164. The molecule has 0 saturated heterocycles. The molecule has 24 heavy (non-hydrogen) atoms. The summed E-state index contributed by atoms with van der Waals surface area (Å²) in [6.45, 7) is 3.16. The smallest absolute Gasteiger partial charge is 0.102 e. The maximum absolute atomic E-state index is 6.44. The van der Waals surface area contributed by atoms with Gasteiger partial charge in [0.1, 0.15) is 6.10 Å². The fourth-order valence-corrected chi connectivity index (χ4v) is 2.98. The Bertz CT molecular complexity index is 786. The number of benzene rings is 2. The average Bonchev–Trinajstić information content (AvgIpc) is 3.06. The first-order valence-electron chi connectivity index (χ1n) is 7.69. The Morgan fingerprint density at radius 3 is 2.58 bits per heavy atom. The van der Waals surface area contributed by atoms with Crippen LogP contribution in [0.5, 0.6) is 0 Å². The lowest BCUT2D eigenvalue weighted by Gasteiger charge is -2.20. The van der Waals surface area contributed by atoms with E-state index in [1.807, 2.05) is 60.2 Å². The zero-order valence-corrected chi connectivity index (χ0v) is 14.8. The summed E-state index contributed by atoms with van der Waals surface area (Å²) < 4.78 is 8.16. The molecule has 0 fully saturated rings. The summed E-state index contributed by atoms with van der Waals surface area (Å²) >= 11 is 12.4. The zero-order valence-electron chi connectivity index (χ0n) is 13.3. The van der Waals surface area contributed by atoms with Gasteiger partial charge in [-0.2, -0.15) is 0 Å². The minimum absolute atomic E-state index is 0.164. The van der Waals surface area contributed by atoms with Crippen molar-refractivity contribution in [3.05, 3.63) is 87.9 Å². The molecule has 0 aliphatic carbocycles. The molecule has 5 heteroatoms. The Labute approximate surface area is 151 Å². The Balaban J connectivity index is 1.80. The summed E-state index contributed by atoms with van der Waals surface area (Å²) in [6.07, 6.45) is 5.29. The van der Waals surface area contributed by atoms with E-state index in [0.717, 1.165) is 26.7 Å². The first kappa shape index (κ1) is 17.0. The summed E-state index contributed by atoms with van der Waals surface area (Å²) in [4.78, 5) is 4.09. The summed E-state index contributed by atoms with van der Waals surface area (Å²) in [7, 11) is 0. The second-order valence-corrected chi connectivity index (χ2v) is 6.55. The van der Waals surface area contributed by atoms with Crippen LogP contribution in [0.3, 0.4) is 0 Å². The van der Waals surface area contributed by atoms with Crippen LogP contribution in [0.15, 0.2) is 61.2 Å². The molecule has 0 unspecified atom stereocenters. The monoisotopic (exact) mass is 360 g/mol. The van der Waals surface area contributed by atoms with Gasteiger partial charge < -0.3 is 9.30 Å². The third-order valence-electron chi connectivity index (χ3n) is 3.80. The molecule has 0 aliphatic heterocycles. The van der Waals surface area contributed by atoms with E-state index in [1.54, 1.807) is 12.5 Å². The molecule has 2 aromatic carbocycles. The van der Waals surface area contributed by atoms with Crippen LogP contribution in [0.1, 0.15) is 22.8 Å². The topological polar surface area (TPSA) is 27.1 Å². The summed E-state index contributed by atoms with van der Waals surface area (Å²) in [5.41, 5.74) is 3.17. The molecule has 0 N–H and O–H groups in total. The maximum Gasteiger partial charge on any atom is 0.102 e. The molecule has 0 saturated carbocycles. The van der Waals surface area contributed by atoms with Gasteiger partial charge in [-0.1, -0.05) is 47.5 Å². The van der Waals surface area contributed by atoms with E-state index in [-0.39, 0.29) is 6.10 Å². The van der Waals surface area contributed by atoms with E-state index >= 15 is 0 Å². The lowest BCUT2D eigenvalue weighted by molar-refractivity contribution is 0.0280. The van der Waals surface area contributed by atoms with E-state index < -0.39 is 0 Å². The zero-order chi connectivity index (χ0) is 16.9. The normalized spacial score (nSPS) is 12.3. The van der Waals surface area contributed by atoms with Crippen molar-refractivity contribution in [1.82, 2.24) is 9.55 Å². The molecule has 1 atom stereocenters. The number of hydrogen-bond donors (Lipinski definition) is 0. The van der Waals surface area contributed by atoms with Crippen molar-refractivity contribution in [2.45, 2.75) is 26.2 Å². The molecule has 3 aromatic rings. The number of hydrogen-bond acceptors (Lipinski definition) is 2. The summed E-state index contributed by atoms with van der Waals surface area (Å²) in [5, 5.41) is 1.44. The molecule has 3 nitrogen and oxygen atoms in total. The molecule has 1 aromatic heterocycles. The lowest BCUT2D eigenvalue weighted by atomic mass is 10.1. The van der Waals surface area contributed by atoms with Crippen LogP contribution >= 0.6 is 23.2 Å². The molecule has 3 rings (SSSR count). The molecule has 1 heterocycles. The van der Waals surface area contributed by atoms with Gasteiger partial charge in [-0.3, -0.25) is 0 Å². The van der Waals surface area contributed by atoms with E-state index in [0.29, 0.717) is 13.2 Å². The minimum Gasteiger partial charge on any atom is -0.367 e. The number of aryl methyl sites for hydroxylation is 1. The molecule has 0 aliphatic rings. The fourth-order valence-electron chi connectivity index (χ4n) is 2.50. The van der Waals surface area contributed by atoms with Gasteiger partial charge in [0, 0.05) is 28.0 Å². The van der Waals surface area contributed by atoms with Crippen LogP contribution in [0.2, 0.25) is 10.0 Å². The van der Waals surface area contributed by atoms with Gasteiger partial charge in [0.05, 0.1) is 19.5 Å². The van der Waals surface area contributed by atoms with Crippen molar-refractivity contribution in [2.24, 2.45) is 0 Å². The standard InChI is InChI=1S/C19H18Cl2N2O/c1-14-2-7-17(18(21)10-14)19(11-23-9-8-22-13-23)24-12-15-3-5-16(20)6-4-15/h2-10,13,19H,11-12H2,1H3/t19-/m1/s1. The molecular weight excluding hydrogens is 343 g/mol. The van der Waals surface area contributed by atoms with Crippen molar-refractivity contribution in [2.75, 3.05) is 0 Å². The Kier molecular flexibility index (Phi) is 5.56. The largest absolute Gasteiger partial charge is 0.367 e. The van der Waals surface area contributed by atoms with Crippen LogP contribution < -0.4 is 0 Å². The first-order valence-corrected chi connectivity index (χ1v) is 8.45. The number of halogens is 2. The predicted molar refractivity (Wildman–Crippen MR) is 97.4 cm³/mol. The third kappa shape index (κ3) is 4.38. The summed E-state index contributed by atoms with van der Waals surface area (Å²) in [5.74, 6) is 0. The van der Waals surface area contributed by atoms with Crippen molar-refractivity contribution < 1.29 is 4.74 Å². The number of imidazole rings is 1. The number of rotatable bonds is 6. The third-order valence-corrected chi connectivity index (χ3v) is 4.38. The Morgan fingerprint density at radius 2 is 1.92 bits per heavy atom. The Morgan fingerprint density at radius 1 is 1.12 bits per heavy atom. The van der Waals surface area contributed by atoms with Gasteiger partial charge in [0.15, 0.2) is 0 Å². The van der Waals surface area contributed by atoms with Gasteiger partial charge in [-0.15, -0.1) is 0 Å². The van der Waals surface area contributed by atoms with E-state index in [1.165, 1.54) is 0 Å². The van der Waals surface area contributed by atoms with Crippen molar-refractivity contribution in [3.8, 4) is 0 Å². The maximum atomic E-state index is 6.44. The van der Waals surface area contributed by atoms with Crippen LogP contribution in [-0.2, 0) is 17.9 Å². The molecule has 0 amide bonds. The van der Waals surface area contributed by atoms with Crippen molar-refractivity contribution in [3.63, 3.8) is 0 Å². The molecular formula is C19H18Cl2N2O. The van der Waals surface area contributed by atoms with Crippen LogP contribution in [0.25, 0.3) is 0 Å². The number of aromatic nitrogens is 2. The quantitative estimate of drug-likeness (QED) is 0.583. The summed E-state index contributed by atoms with van der Waals surface area (Å²) in [6, 6.07) is 13.7. The molecule has 0 spiro atoms. The van der Waals surface area contributed by atoms with Crippen LogP contribution in [0, 0.1) is 6.92 Å². The molecule has 124 valence electrons. The lowest BCUT2D eigenvalue weighted by Crippen LogP contribution is -2.12. The van der Waals surface area contributed by atoms with E-state index in [4.69, 9.17) is 27.9 Å². The van der Waals surface area contributed by atoms with Gasteiger partial charge in [0.25, 0.3) is 0 Å². The second kappa shape index (κ2) is 7.84. The second-order valence-electron chi connectivity index (χ2n) is 5.71. The molecule has 0 bridgehead atoms. The van der Waals surface area contributed by atoms with E-state index in [9.17, 15) is 0 Å². The number of nitrogens with zero attached hydrogens (tertiary/aromatic N) is 2. The Hall–Kier alpha value is -1.81. The fraction of sp³-hybridized carbons (Fsp3) is 0.211. The SMILES string of the molecule is Cc1ccc([C@@H](Cn2ccnc2)OCc2ccc(Cl)cc2)c(Cl)c1. The highest BCUT2D eigenvalue weighted by molar-refractivity contribution is 6.31. The highest BCUT2D eigenvalue weighted by Crippen LogP contribution is 2.29. The van der Waals surface area contributed by atoms with Gasteiger partial charge in [-0.25, -0.2) is 4.98 Å². The van der Waals surface area contributed by atoms with E-state index in [2.05, 4.69) is 4.98 Å². The van der Waals surface area contributed by atoms with Gasteiger partial charge >= 0.3 is 0 Å². The first-order chi connectivity index (χ1) is 11.6. The van der Waals surface area contributed by atoms with Crippen molar-refractivity contribution in [1.29, 1.82) is 0 Å². The molecule has 0 radical (unpaired) electrons. The highest BCUT2D eigenvalue weighted by atomic mass is 35.5. The van der Waals surface area contributed by atoms with Crippen LogP contribution in [-0.4, -0.2) is 9.55 Å². The highest BCUT2D eigenvalue weighted by Gasteiger charge is 2.16.